The van der Waals surface area contributed by atoms with Crippen LogP contribution in [0, 0.1) is 13.8 Å². The van der Waals surface area contributed by atoms with Crippen LogP contribution in [-0.2, 0) is 11.3 Å². The molecule has 8 heteroatoms. The van der Waals surface area contributed by atoms with Crippen LogP contribution in [-0.4, -0.2) is 33.8 Å². The SMILES string of the molecule is Cc1cc(C)cc(NC(=O)C(Sc2nnc(N3CCCC3)n2Cc2ccco2)c2ccccc2)c1. The number of anilines is 2. The standard InChI is InChI=1S/C27H29N5O2S/c1-19-15-20(2)17-22(16-19)28-25(33)24(21-9-4-3-5-10-21)35-27-30-29-26(31-12-6-7-13-31)32(27)18-23-11-8-14-34-23/h3-5,8-11,14-17,24H,6-7,12-13,18H2,1-2H3,(H,28,33). The molecule has 1 atom stereocenters. The molecule has 35 heavy (non-hydrogen) atoms. The summed E-state index contributed by atoms with van der Waals surface area (Å²) in [5.74, 6) is 1.55. The number of aryl methyl sites for hydroxylation is 2. The number of thioether (sulfide) groups is 1. The summed E-state index contributed by atoms with van der Waals surface area (Å²) in [5, 5.41) is 12.4. The Morgan fingerprint density at radius 2 is 1.77 bits per heavy atom. The molecule has 2 aromatic carbocycles. The van der Waals surface area contributed by atoms with E-state index in [4.69, 9.17) is 4.42 Å². The molecule has 0 radical (unpaired) electrons. The van der Waals surface area contributed by atoms with Gasteiger partial charge in [0.2, 0.25) is 11.9 Å². The lowest BCUT2D eigenvalue weighted by molar-refractivity contribution is -0.115. The average Bonchev–Trinajstić information content (AvgIpc) is 3.61. The second-order valence-corrected chi connectivity index (χ2v) is 9.99. The summed E-state index contributed by atoms with van der Waals surface area (Å²) in [4.78, 5) is 15.9. The zero-order valence-corrected chi connectivity index (χ0v) is 20.8. The predicted molar refractivity (Wildman–Crippen MR) is 139 cm³/mol. The summed E-state index contributed by atoms with van der Waals surface area (Å²) in [6.07, 6.45) is 3.95. The molecule has 1 amide bonds. The zero-order chi connectivity index (χ0) is 24.2. The largest absolute Gasteiger partial charge is 0.467 e. The van der Waals surface area contributed by atoms with Crippen molar-refractivity contribution in [1.82, 2.24) is 14.8 Å². The van der Waals surface area contributed by atoms with Crippen LogP contribution in [0.15, 0.2) is 76.5 Å². The first-order chi connectivity index (χ1) is 17.1. The van der Waals surface area contributed by atoms with Crippen LogP contribution in [0.1, 0.15) is 40.5 Å². The second-order valence-electron chi connectivity index (χ2n) is 8.92. The van der Waals surface area contributed by atoms with Crippen molar-refractivity contribution in [3.8, 4) is 0 Å². The molecule has 7 nitrogen and oxygen atoms in total. The highest BCUT2D eigenvalue weighted by molar-refractivity contribution is 8.00. The molecule has 0 bridgehead atoms. The van der Waals surface area contributed by atoms with E-state index < -0.39 is 5.25 Å². The number of hydrogen-bond acceptors (Lipinski definition) is 6. The zero-order valence-electron chi connectivity index (χ0n) is 20.0. The fourth-order valence-corrected chi connectivity index (χ4v) is 5.51. The van der Waals surface area contributed by atoms with Gasteiger partial charge in [0.05, 0.1) is 12.8 Å². The van der Waals surface area contributed by atoms with E-state index in [1.807, 2.05) is 68.4 Å². The van der Waals surface area contributed by atoms with Crippen LogP contribution < -0.4 is 10.2 Å². The van der Waals surface area contributed by atoms with E-state index in [1.165, 1.54) is 11.8 Å². The molecule has 5 rings (SSSR count). The van der Waals surface area contributed by atoms with Crippen molar-refractivity contribution in [3.05, 3.63) is 89.4 Å². The van der Waals surface area contributed by atoms with Gasteiger partial charge in [-0.05, 0) is 67.6 Å². The highest BCUT2D eigenvalue weighted by Crippen LogP contribution is 2.37. The van der Waals surface area contributed by atoms with Crippen molar-refractivity contribution >= 4 is 29.3 Å². The van der Waals surface area contributed by atoms with Crippen LogP contribution in [0.5, 0.6) is 0 Å². The molecule has 3 heterocycles. The minimum atomic E-state index is -0.497. The van der Waals surface area contributed by atoms with Gasteiger partial charge >= 0.3 is 0 Å². The molecule has 0 aliphatic carbocycles. The van der Waals surface area contributed by atoms with Gasteiger partial charge in [-0.15, -0.1) is 10.2 Å². The van der Waals surface area contributed by atoms with Crippen LogP contribution in [0.2, 0.25) is 0 Å². The molecule has 1 saturated heterocycles. The first-order valence-electron chi connectivity index (χ1n) is 11.9. The number of nitrogens with zero attached hydrogens (tertiary/aromatic N) is 4. The maximum Gasteiger partial charge on any atom is 0.242 e. The van der Waals surface area contributed by atoms with Gasteiger partial charge in [0.25, 0.3) is 0 Å². The van der Waals surface area contributed by atoms with E-state index in [-0.39, 0.29) is 5.91 Å². The molecule has 4 aromatic rings. The molecule has 1 aliphatic rings. The minimum absolute atomic E-state index is 0.0959. The predicted octanol–water partition coefficient (Wildman–Crippen LogP) is 5.61. The molecule has 1 fully saturated rings. The number of amides is 1. The molecule has 0 spiro atoms. The van der Waals surface area contributed by atoms with Crippen molar-refractivity contribution in [2.24, 2.45) is 0 Å². The van der Waals surface area contributed by atoms with Crippen LogP contribution >= 0.6 is 11.8 Å². The highest BCUT2D eigenvalue weighted by Gasteiger charge is 2.28. The van der Waals surface area contributed by atoms with Gasteiger partial charge in [0.15, 0.2) is 5.16 Å². The Labute approximate surface area is 209 Å². The maximum atomic E-state index is 13.6. The third-order valence-corrected chi connectivity index (χ3v) is 7.27. The van der Waals surface area contributed by atoms with Gasteiger partial charge in [-0.1, -0.05) is 48.2 Å². The summed E-state index contributed by atoms with van der Waals surface area (Å²) < 4.78 is 7.70. The van der Waals surface area contributed by atoms with Crippen molar-refractivity contribution in [2.45, 2.75) is 43.6 Å². The monoisotopic (exact) mass is 487 g/mol. The summed E-state index contributed by atoms with van der Waals surface area (Å²) >= 11 is 1.41. The number of furan rings is 1. The number of hydrogen-bond donors (Lipinski definition) is 1. The van der Waals surface area contributed by atoms with Crippen molar-refractivity contribution < 1.29 is 9.21 Å². The van der Waals surface area contributed by atoms with E-state index >= 15 is 0 Å². The van der Waals surface area contributed by atoms with Gasteiger partial charge in [0, 0.05) is 18.8 Å². The van der Waals surface area contributed by atoms with E-state index in [0.717, 1.165) is 60.0 Å². The van der Waals surface area contributed by atoms with Crippen LogP contribution in [0.3, 0.4) is 0 Å². The Morgan fingerprint density at radius 1 is 1.03 bits per heavy atom. The van der Waals surface area contributed by atoms with Crippen molar-refractivity contribution in [1.29, 1.82) is 0 Å². The van der Waals surface area contributed by atoms with Crippen molar-refractivity contribution in [2.75, 3.05) is 23.3 Å². The Kier molecular flexibility index (Phi) is 6.90. The third kappa shape index (κ3) is 5.43. The average molecular weight is 488 g/mol. The number of carbonyl (C=O) groups excluding carboxylic acids is 1. The number of benzene rings is 2. The summed E-state index contributed by atoms with van der Waals surface area (Å²) in [5.41, 5.74) is 3.92. The fourth-order valence-electron chi connectivity index (χ4n) is 4.48. The highest BCUT2D eigenvalue weighted by atomic mass is 32.2. The van der Waals surface area contributed by atoms with Gasteiger partial charge in [-0.25, -0.2) is 0 Å². The van der Waals surface area contributed by atoms with Gasteiger partial charge in [-0.2, -0.15) is 0 Å². The molecule has 1 aliphatic heterocycles. The fraction of sp³-hybridized carbons (Fsp3) is 0.296. The lowest BCUT2D eigenvalue weighted by atomic mass is 10.1. The molecule has 180 valence electrons. The number of nitrogens with one attached hydrogen (secondary N) is 1. The topological polar surface area (TPSA) is 76.2 Å². The number of rotatable bonds is 8. The molecule has 0 saturated carbocycles. The lowest BCUT2D eigenvalue weighted by Gasteiger charge is -2.20. The van der Waals surface area contributed by atoms with E-state index in [9.17, 15) is 4.79 Å². The molecule has 1 N–H and O–H groups in total. The van der Waals surface area contributed by atoms with Crippen LogP contribution in [0.4, 0.5) is 11.6 Å². The number of aromatic nitrogens is 3. The molecular weight excluding hydrogens is 458 g/mol. The molecule has 1 unspecified atom stereocenters. The Morgan fingerprint density at radius 3 is 2.46 bits per heavy atom. The normalized spacial score (nSPS) is 14.3. The van der Waals surface area contributed by atoms with Crippen molar-refractivity contribution in [3.63, 3.8) is 0 Å². The van der Waals surface area contributed by atoms with E-state index in [2.05, 4.69) is 31.0 Å². The summed E-state index contributed by atoms with van der Waals surface area (Å²) in [7, 11) is 0. The quantitative estimate of drug-likeness (QED) is 0.326. The Bertz CT molecular complexity index is 1260. The van der Waals surface area contributed by atoms with Gasteiger partial charge in [-0.3, -0.25) is 9.36 Å². The lowest BCUT2D eigenvalue weighted by Crippen LogP contribution is -2.23. The summed E-state index contributed by atoms with van der Waals surface area (Å²) in [6, 6.07) is 19.7. The first-order valence-corrected chi connectivity index (χ1v) is 12.8. The molecule has 2 aromatic heterocycles. The Hall–Kier alpha value is -3.52. The van der Waals surface area contributed by atoms with Crippen LogP contribution in [0.25, 0.3) is 0 Å². The summed E-state index contributed by atoms with van der Waals surface area (Å²) in [6.45, 7) is 6.48. The van der Waals surface area contributed by atoms with E-state index in [0.29, 0.717) is 11.7 Å². The Balaban J connectivity index is 1.47. The first kappa shape index (κ1) is 23.2. The smallest absolute Gasteiger partial charge is 0.242 e. The van der Waals surface area contributed by atoms with E-state index in [1.54, 1.807) is 6.26 Å². The second kappa shape index (κ2) is 10.4. The van der Waals surface area contributed by atoms with Gasteiger partial charge < -0.3 is 14.6 Å². The number of carbonyl (C=O) groups is 1. The molecular formula is C27H29N5O2S. The third-order valence-electron chi connectivity index (χ3n) is 6.03. The van der Waals surface area contributed by atoms with Gasteiger partial charge in [0.1, 0.15) is 11.0 Å². The minimum Gasteiger partial charge on any atom is -0.467 e. The maximum absolute atomic E-state index is 13.6.